The molecule has 0 bridgehead atoms. The zero-order chi connectivity index (χ0) is 9.97. The molecule has 0 amide bonds. The Morgan fingerprint density at radius 2 is 1.71 bits per heavy atom. The predicted molar refractivity (Wildman–Crippen MR) is 62.3 cm³/mol. The van der Waals surface area contributed by atoms with Crippen LogP contribution in [0.1, 0.15) is 0 Å². The van der Waals surface area contributed by atoms with Gasteiger partial charge in [-0.05, 0) is 58.0 Å². The summed E-state index contributed by atoms with van der Waals surface area (Å²) in [6.07, 6.45) is 3.40. The third-order valence-corrected chi connectivity index (χ3v) is 2.81. The van der Waals surface area contributed by atoms with Crippen LogP contribution in [0.2, 0.25) is 0 Å². The number of aromatic nitrogens is 1. The van der Waals surface area contributed by atoms with Crippen molar-refractivity contribution in [2.24, 2.45) is 0 Å². The molecule has 0 saturated carbocycles. The van der Waals surface area contributed by atoms with E-state index in [0.717, 1.165) is 11.1 Å². The van der Waals surface area contributed by atoms with Gasteiger partial charge in [0.1, 0.15) is 5.82 Å². The standard InChI is InChI=1S/C11H7FIN/c12-10-7-9(1-2-11(10)13)8-3-5-14-6-4-8/h1-7H. The van der Waals surface area contributed by atoms with E-state index in [2.05, 4.69) is 4.98 Å². The van der Waals surface area contributed by atoms with E-state index in [4.69, 9.17) is 0 Å². The molecule has 1 nitrogen and oxygen atoms in total. The van der Waals surface area contributed by atoms with Crippen molar-refractivity contribution < 1.29 is 4.39 Å². The van der Waals surface area contributed by atoms with Crippen molar-refractivity contribution in [3.05, 3.63) is 52.1 Å². The smallest absolute Gasteiger partial charge is 0.137 e. The van der Waals surface area contributed by atoms with Crippen molar-refractivity contribution >= 4 is 22.6 Å². The lowest BCUT2D eigenvalue weighted by molar-refractivity contribution is 0.621. The lowest BCUT2D eigenvalue weighted by Crippen LogP contribution is -1.84. The Morgan fingerprint density at radius 1 is 1.00 bits per heavy atom. The van der Waals surface area contributed by atoms with Crippen molar-refractivity contribution in [3.8, 4) is 11.1 Å². The summed E-state index contributed by atoms with van der Waals surface area (Å²) in [6.45, 7) is 0. The Bertz CT molecular complexity index is 442. The summed E-state index contributed by atoms with van der Waals surface area (Å²) >= 11 is 1.97. The number of pyridine rings is 1. The van der Waals surface area contributed by atoms with Gasteiger partial charge in [0.15, 0.2) is 0 Å². The van der Waals surface area contributed by atoms with E-state index in [1.165, 1.54) is 6.07 Å². The Kier molecular flexibility index (Phi) is 2.77. The molecule has 0 radical (unpaired) electrons. The van der Waals surface area contributed by atoms with Gasteiger partial charge in [-0.3, -0.25) is 4.98 Å². The zero-order valence-corrected chi connectivity index (χ0v) is 9.40. The number of benzene rings is 1. The molecule has 0 aliphatic rings. The molecule has 0 spiro atoms. The van der Waals surface area contributed by atoms with Crippen LogP contribution in [-0.4, -0.2) is 4.98 Å². The van der Waals surface area contributed by atoms with E-state index in [1.54, 1.807) is 18.5 Å². The second-order valence-electron chi connectivity index (χ2n) is 2.86. The molecule has 14 heavy (non-hydrogen) atoms. The predicted octanol–water partition coefficient (Wildman–Crippen LogP) is 3.49. The normalized spacial score (nSPS) is 10.1. The lowest BCUT2D eigenvalue weighted by Gasteiger charge is -2.01. The van der Waals surface area contributed by atoms with Crippen LogP contribution in [0.15, 0.2) is 42.7 Å². The topological polar surface area (TPSA) is 12.9 Å². The number of hydrogen-bond acceptors (Lipinski definition) is 1. The number of rotatable bonds is 1. The SMILES string of the molecule is Fc1cc(-c2ccncc2)ccc1I. The highest BCUT2D eigenvalue weighted by Gasteiger charge is 2.01. The molecular weight excluding hydrogens is 292 g/mol. The fourth-order valence-electron chi connectivity index (χ4n) is 1.22. The molecule has 0 fully saturated rings. The van der Waals surface area contributed by atoms with Crippen molar-refractivity contribution in [2.45, 2.75) is 0 Å². The molecule has 0 atom stereocenters. The van der Waals surface area contributed by atoms with Crippen molar-refractivity contribution in [3.63, 3.8) is 0 Å². The van der Waals surface area contributed by atoms with Gasteiger partial charge >= 0.3 is 0 Å². The Hall–Kier alpha value is -0.970. The maximum atomic E-state index is 13.2. The summed E-state index contributed by atoms with van der Waals surface area (Å²) < 4.78 is 13.9. The monoisotopic (exact) mass is 299 g/mol. The maximum absolute atomic E-state index is 13.2. The fourth-order valence-corrected chi connectivity index (χ4v) is 1.56. The minimum absolute atomic E-state index is 0.181. The summed E-state index contributed by atoms with van der Waals surface area (Å²) in [5.74, 6) is -0.181. The average Bonchev–Trinajstić information content (AvgIpc) is 2.23. The molecule has 0 unspecified atom stereocenters. The Labute approximate surface area is 95.1 Å². The van der Waals surface area contributed by atoms with Crippen LogP contribution < -0.4 is 0 Å². The minimum atomic E-state index is -0.181. The molecule has 3 heteroatoms. The molecule has 2 rings (SSSR count). The molecule has 1 aromatic carbocycles. The molecular formula is C11H7FIN. The van der Waals surface area contributed by atoms with Crippen LogP contribution >= 0.6 is 22.6 Å². The number of halogens is 2. The first-order valence-electron chi connectivity index (χ1n) is 4.13. The maximum Gasteiger partial charge on any atom is 0.137 e. The summed E-state index contributed by atoms with van der Waals surface area (Å²) in [5, 5.41) is 0. The van der Waals surface area contributed by atoms with Gasteiger partial charge in [0.05, 0.1) is 0 Å². The van der Waals surface area contributed by atoms with E-state index in [1.807, 2.05) is 40.8 Å². The summed E-state index contributed by atoms with van der Waals surface area (Å²) in [4.78, 5) is 3.92. The lowest BCUT2D eigenvalue weighted by atomic mass is 10.1. The van der Waals surface area contributed by atoms with Crippen molar-refractivity contribution in [1.29, 1.82) is 0 Å². The first-order chi connectivity index (χ1) is 6.77. The van der Waals surface area contributed by atoms with Crippen LogP contribution in [0.25, 0.3) is 11.1 Å². The quantitative estimate of drug-likeness (QED) is 0.735. The van der Waals surface area contributed by atoms with Gasteiger partial charge in [0, 0.05) is 16.0 Å². The highest BCUT2D eigenvalue weighted by atomic mass is 127. The molecule has 0 aliphatic heterocycles. The van der Waals surface area contributed by atoms with Gasteiger partial charge in [0.2, 0.25) is 0 Å². The molecule has 2 aromatic rings. The van der Waals surface area contributed by atoms with Gasteiger partial charge in [-0.2, -0.15) is 0 Å². The van der Waals surface area contributed by atoms with E-state index in [-0.39, 0.29) is 5.82 Å². The molecule has 1 heterocycles. The first kappa shape index (κ1) is 9.58. The van der Waals surface area contributed by atoms with Gasteiger partial charge in [-0.1, -0.05) is 6.07 Å². The second kappa shape index (κ2) is 4.04. The van der Waals surface area contributed by atoms with E-state index in [0.29, 0.717) is 3.57 Å². The largest absolute Gasteiger partial charge is 0.265 e. The summed E-state index contributed by atoms with van der Waals surface area (Å²) in [7, 11) is 0. The molecule has 1 aromatic heterocycles. The van der Waals surface area contributed by atoms with E-state index >= 15 is 0 Å². The Morgan fingerprint density at radius 3 is 2.36 bits per heavy atom. The van der Waals surface area contributed by atoms with Crippen LogP contribution in [0.3, 0.4) is 0 Å². The third-order valence-electron chi connectivity index (χ3n) is 1.93. The van der Waals surface area contributed by atoms with Crippen LogP contribution in [0.5, 0.6) is 0 Å². The summed E-state index contributed by atoms with van der Waals surface area (Å²) in [5.41, 5.74) is 1.86. The Balaban J connectivity index is 2.48. The van der Waals surface area contributed by atoms with Crippen molar-refractivity contribution in [1.82, 2.24) is 4.98 Å². The van der Waals surface area contributed by atoms with Crippen molar-refractivity contribution in [2.75, 3.05) is 0 Å². The molecule has 70 valence electrons. The van der Waals surface area contributed by atoms with Gasteiger partial charge in [-0.25, -0.2) is 4.39 Å². The highest BCUT2D eigenvalue weighted by molar-refractivity contribution is 14.1. The summed E-state index contributed by atoms with van der Waals surface area (Å²) in [6, 6.07) is 8.94. The molecule has 0 saturated heterocycles. The fraction of sp³-hybridized carbons (Fsp3) is 0. The zero-order valence-electron chi connectivity index (χ0n) is 7.24. The second-order valence-corrected chi connectivity index (χ2v) is 4.03. The van der Waals surface area contributed by atoms with E-state index in [9.17, 15) is 4.39 Å². The van der Waals surface area contributed by atoms with Gasteiger partial charge in [0.25, 0.3) is 0 Å². The first-order valence-corrected chi connectivity index (χ1v) is 5.21. The molecule has 0 aliphatic carbocycles. The van der Waals surface area contributed by atoms with Gasteiger partial charge < -0.3 is 0 Å². The van der Waals surface area contributed by atoms with E-state index < -0.39 is 0 Å². The van der Waals surface area contributed by atoms with Crippen LogP contribution in [0, 0.1) is 9.39 Å². The van der Waals surface area contributed by atoms with Crippen LogP contribution in [-0.2, 0) is 0 Å². The number of hydrogen-bond donors (Lipinski definition) is 0. The third kappa shape index (κ3) is 1.92. The highest BCUT2D eigenvalue weighted by Crippen LogP contribution is 2.21. The van der Waals surface area contributed by atoms with Gasteiger partial charge in [-0.15, -0.1) is 0 Å². The number of nitrogens with zero attached hydrogens (tertiary/aromatic N) is 1. The average molecular weight is 299 g/mol. The molecule has 0 N–H and O–H groups in total. The minimum Gasteiger partial charge on any atom is -0.265 e. The van der Waals surface area contributed by atoms with Crippen LogP contribution in [0.4, 0.5) is 4.39 Å².